The summed E-state index contributed by atoms with van der Waals surface area (Å²) in [5.74, 6) is -0.000330. The van der Waals surface area contributed by atoms with Gasteiger partial charge in [-0.2, -0.15) is 4.31 Å². The van der Waals surface area contributed by atoms with Crippen LogP contribution in [0.15, 0.2) is 82.1 Å². The summed E-state index contributed by atoms with van der Waals surface area (Å²) in [6.45, 7) is 2.71. The van der Waals surface area contributed by atoms with Crippen LogP contribution in [0.4, 0.5) is 10.1 Å². The molecule has 0 spiro atoms. The van der Waals surface area contributed by atoms with Crippen molar-refractivity contribution in [2.24, 2.45) is 5.92 Å². The van der Waals surface area contributed by atoms with Gasteiger partial charge in [0.15, 0.2) is 5.76 Å². The summed E-state index contributed by atoms with van der Waals surface area (Å²) in [6.07, 6.45) is 2.64. The van der Waals surface area contributed by atoms with Crippen molar-refractivity contribution in [1.29, 1.82) is 0 Å². The number of ketones is 1. The summed E-state index contributed by atoms with van der Waals surface area (Å²) in [4.78, 5) is 13.0. The van der Waals surface area contributed by atoms with Crippen molar-refractivity contribution in [3.05, 3.63) is 95.5 Å². The largest absolute Gasteiger partial charge is 0.453 e. The molecule has 0 radical (unpaired) electrons. The molecule has 1 aliphatic rings. The van der Waals surface area contributed by atoms with E-state index in [4.69, 9.17) is 4.42 Å². The first-order valence-corrected chi connectivity index (χ1v) is 13.8. The molecule has 0 unspecified atom stereocenters. The van der Waals surface area contributed by atoms with Crippen LogP contribution in [0.3, 0.4) is 0 Å². The zero-order chi connectivity index (χ0) is 26.0. The molecule has 8 heteroatoms. The number of fused-ring (bicyclic) bond motifs is 1. The highest BCUT2D eigenvalue weighted by atomic mass is 32.2. The molecule has 0 aliphatic carbocycles. The zero-order valence-corrected chi connectivity index (χ0v) is 21.4. The van der Waals surface area contributed by atoms with Crippen molar-refractivity contribution in [2.75, 3.05) is 25.0 Å². The van der Waals surface area contributed by atoms with Crippen LogP contribution in [0, 0.1) is 18.7 Å². The maximum Gasteiger partial charge on any atom is 0.243 e. The molecule has 3 aromatic carbocycles. The Bertz CT molecular complexity index is 1510. The van der Waals surface area contributed by atoms with Gasteiger partial charge in [-0.15, -0.1) is 0 Å². The maximum atomic E-state index is 13.5. The molecule has 0 saturated carbocycles. The lowest BCUT2D eigenvalue weighted by Crippen LogP contribution is -2.38. The lowest BCUT2D eigenvalue weighted by molar-refractivity contribution is 0.0981. The highest BCUT2D eigenvalue weighted by molar-refractivity contribution is 7.89. The zero-order valence-electron chi connectivity index (χ0n) is 20.6. The number of hydrogen-bond donors (Lipinski definition) is 1. The number of hydrogen-bond acceptors (Lipinski definition) is 5. The van der Waals surface area contributed by atoms with Crippen LogP contribution in [0.1, 0.15) is 34.5 Å². The minimum absolute atomic E-state index is 0.0375. The summed E-state index contributed by atoms with van der Waals surface area (Å²) in [6, 6.07) is 20.9. The van der Waals surface area contributed by atoms with Crippen LogP contribution in [0.25, 0.3) is 11.0 Å². The predicted molar refractivity (Wildman–Crippen MR) is 142 cm³/mol. The number of nitrogens with one attached hydrogen (secondary N) is 1. The van der Waals surface area contributed by atoms with E-state index in [0.29, 0.717) is 41.2 Å². The van der Waals surface area contributed by atoms with Gasteiger partial charge in [-0.05, 0) is 80.1 Å². The summed E-state index contributed by atoms with van der Waals surface area (Å²) < 4.78 is 47.1. The predicted octanol–water partition coefficient (Wildman–Crippen LogP) is 5.82. The quantitative estimate of drug-likeness (QED) is 0.296. The van der Waals surface area contributed by atoms with E-state index in [0.717, 1.165) is 19.3 Å². The van der Waals surface area contributed by atoms with Gasteiger partial charge in [-0.25, -0.2) is 12.8 Å². The number of sulfonamides is 1. The Morgan fingerprint density at radius 2 is 1.73 bits per heavy atom. The van der Waals surface area contributed by atoms with Gasteiger partial charge in [-0.1, -0.05) is 30.3 Å². The Balaban J connectivity index is 1.18. The molecule has 1 N–H and O–H groups in total. The third kappa shape index (κ3) is 5.45. The van der Waals surface area contributed by atoms with Gasteiger partial charge in [0, 0.05) is 29.7 Å². The van der Waals surface area contributed by atoms with Crippen molar-refractivity contribution < 1.29 is 22.0 Å². The van der Waals surface area contributed by atoms with E-state index in [1.165, 1.54) is 23.8 Å². The van der Waals surface area contributed by atoms with Crippen molar-refractivity contribution in [3.63, 3.8) is 0 Å². The molecule has 1 aromatic heterocycles. The van der Waals surface area contributed by atoms with Crippen molar-refractivity contribution in [2.45, 2.75) is 31.1 Å². The van der Waals surface area contributed by atoms with Gasteiger partial charge >= 0.3 is 0 Å². The fourth-order valence-corrected chi connectivity index (χ4v) is 6.39. The Morgan fingerprint density at radius 3 is 2.43 bits per heavy atom. The normalized spacial score (nSPS) is 15.2. The van der Waals surface area contributed by atoms with Crippen LogP contribution < -0.4 is 5.32 Å². The topological polar surface area (TPSA) is 79.6 Å². The highest BCUT2D eigenvalue weighted by Crippen LogP contribution is 2.28. The number of piperidine rings is 1. The number of nitrogens with zero attached hydrogens (tertiary/aromatic N) is 1. The minimum Gasteiger partial charge on any atom is -0.453 e. The molecule has 37 heavy (non-hydrogen) atoms. The van der Waals surface area contributed by atoms with E-state index < -0.39 is 10.0 Å². The van der Waals surface area contributed by atoms with E-state index in [1.54, 1.807) is 35.5 Å². The van der Waals surface area contributed by atoms with Crippen LogP contribution in [0.2, 0.25) is 0 Å². The van der Waals surface area contributed by atoms with Gasteiger partial charge in [0.05, 0.1) is 11.4 Å². The Morgan fingerprint density at radius 1 is 1.03 bits per heavy atom. The third-order valence-electron chi connectivity index (χ3n) is 7.04. The molecule has 1 saturated heterocycles. The molecule has 4 aromatic rings. The van der Waals surface area contributed by atoms with Crippen LogP contribution >= 0.6 is 0 Å². The number of Topliss-reactive ketones (excluding diaryl/α,β-unsaturated/α-hetero) is 1. The summed E-state index contributed by atoms with van der Waals surface area (Å²) in [7, 11) is -3.58. The van der Waals surface area contributed by atoms with Crippen molar-refractivity contribution in [3.8, 4) is 0 Å². The van der Waals surface area contributed by atoms with Gasteiger partial charge in [0.1, 0.15) is 11.4 Å². The number of carbonyl (C=O) groups excluding carboxylic acids is 1. The molecule has 0 atom stereocenters. The highest BCUT2D eigenvalue weighted by Gasteiger charge is 2.29. The number of aryl methyl sites for hydroxylation is 1. The average molecular weight is 521 g/mol. The SMILES string of the molecule is Cc1c(C(=O)CNc2ccc(S(=O)(=O)N3CCC(Cc4ccccc4)CC3)cc2)oc2ccc(F)cc12. The number of halogens is 1. The Labute approximate surface area is 216 Å². The first-order chi connectivity index (χ1) is 17.8. The monoisotopic (exact) mass is 520 g/mol. The average Bonchev–Trinajstić information content (AvgIpc) is 3.24. The lowest BCUT2D eigenvalue weighted by atomic mass is 9.91. The van der Waals surface area contributed by atoms with Gasteiger partial charge in [0.25, 0.3) is 0 Å². The number of rotatable bonds is 8. The number of carbonyl (C=O) groups is 1. The second kappa shape index (κ2) is 10.5. The summed E-state index contributed by atoms with van der Waals surface area (Å²) in [5.41, 5.74) is 2.96. The molecule has 192 valence electrons. The molecular weight excluding hydrogens is 491 g/mol. The summed E-state index contributed by atoms with van der Waals surface area (Å²) >= 11 is 0. The van der Waals surface area contributed by atoms with Gasteiger partial charge < -0.3 is 9.73 Å². The van der Waals surface area contributed by atoms with E-state index in [-0.39, 0.29) is 28.8 Å². The van der Waals surface area contributed by atoms with Crippen molar-refractivity contribution in [1.82, 2.24) is 4.31 Å². The molecule has 2 heterocycles. The molecule has 1 fully saturated rings. The first-order valence-electron chi connectivity index (χ1n) is 12.4. The molecule has 0 amide bonds. The molecular formula is C29H29FN2O4S. The molecule has 1 aliphatic heterocycles. The maximum absolute atomic E-state index is 13.5. The second-order valence-electron chi connectivity index (χ2n) is 9.53. The lowest BCUT2D eigenvalue weighted by Gasteiger charge is -2.31. The van der Waals surface area contributed by atoms with E-state index in [9.17, 15) is 17.6 Å². The molecule has 6 nitrogen and oxygen atoms in total. The number of furan rings is 1. The van der Waals surface area contributed by atoms with E-state index >= 15 is 0 Å². The fraction of sp³-hybridized carbons (Fsp3) is 0.276. The van der Waals surface area contributed by atoms with Crippen molar-refractivity contribution >= 4 is 32.5 Å². The standard InChI is InChI=1S/C29H29FN2O4S/c1-20-26-18-23(30)7-12-28(26)36-29(20)27(33)19-31-24-8-10-25(11-9-24)37(34,35)32-15-13-22(14-16-32)17-21-5-3-2-4-6-21/h2-12,18,22,31H,13-17,19H2,1H3. The van der Waals surface area contributed by atoms with Crippen LogP contribution in [-0.4, -0.2) is 38.1 Å². The molecule has 5 rings (SSSR count). The van der Waals surface area contributed by atoms with Crippen LogP contribution in [-0.2, 0) is 16.4 Å². The number of benzene rings is 3. The minimum atomic E-state index is -3.58. The van der Waals surface area contributed by atoms with E-state index in [1.807, 2.05) is 18.2 Å². The van der Waals surface area contributed by atoms with Crippen LogP contribution in [0.5, 0.6) is 0 Å². The Kier molecular flexibility index (Phi) is 7.13. The summed E-state index contributed by atoms with van der Waals surface area (Å²) in [5, 5.41) is 3.59. The van der Waals surface area contributed by atoms with Gasteiger partial charge in [-0.3, -0.25) is 4.79 Å². The Hall–Kier alpha value is -3.49. The second-order valence-corrected chi connectivity index (χ2v) is 11.5. The molecule has 0 bridgehead atoms. The number of anilines is 1. The fourth-order valence-electron chi connectivity index (χ4n) is 4.92. The first kappa shape index (κ1) is 25.2. The smallest absolute Gasteiger partial charge is 0.243 e. The third-order valence-corrected chi connectivity index (χ3v) is 8.95. The van der Waals surface area contributed by atoms with E-state index in [2.05, 4.69) is 17.4 Å². The van der Waals surface area contributed by atoms with Gasteiger partial charge in [0.2, 0.25) is 15.8 Å².